The van der Waals surface area contributed by atoms with Gasteiger partial charge in [-0.3, -0.25) is 9.98 Å². The molecule has 1 saturated heterocycles. The highest BCUT2D eigenvalue weighted by molar-refractivity contribution is 5.80. The third-order valence-corrected chi connectivity index (χ3v) is 4.10. The van der Waals surface area contributed by atoms with Gasteiger partial charge in [0.25, 0.3) is 0 Å². The van der Waals surface area contributed by atoms with Crippen LogP contribution in [0.2, 0.25) is 0 Å². The van der Waals surface area contributed by atoms with Crippen molar-refractivity contribution >= 4 is 11.9 Å². The molecule has 0 radical (unpaired) electrons. The number of piperazine rings is 1. The van der Waals surface area contributed by atoms with Crippen LogP contribution in [0.25, 0.3) is 0 Å². The van der Waals surface area contributed by atoms with Gasteiger partial charge in [-0.2, -0.15) is 0 Å². The molecule has 1 fully saturated rings. The average molecular weight is 339 g/mol. The molecule has 1 N–H and O–H groups in total. The van der Waals surface area contributed by atoms with E-state index in [4.69, 9.17) is 4.99 Å². The van der Waals surface area contributed by atoms with Crippen LogP contribution in [0, 0.1) is 0 Å². The van der Waals surface area contributed by atoms with Gasteiger partial charge in [-0.1, -0.05) is 6.07 Å². The predicted molar refractivity (Wildman–Crippen MR) is 99.7 cm³/mol. The molecular weight excluding hydrogens is 314 g/mol. The lowest BCUT2D eigenvalue weighted by Crippen LogP contribution is -2.53. The second kappa shape index (κ2) is 8.96. The quantitative estimate of drug-likeness (QED) is 0.652. The van der Waals surface area contributed by atoms with Crippen molar-refractivity contribution in [1.29, 1.82) is 0 Å². The average Bonchev–Trinajstić information content (AvgIpc) is 2.69. The minimum atomic E-state index is 0.737. The van der Waals surface area contributed by atoms with Gasteiger partial charge in [-0.25, -0.2) is 9.97 Å². The molecule has 7 heteroatoms. The fraction of sp³-hybridized carbons (Fsp3) is 0.444. The summed E-state index contributed by atoms with van der Waals surface area (Å²) in [6, 6.07) is 7.84. The molecule has 0 aromatic carbocycles. The van der Waals surface area contributed by atoms with E-state index in [0.717, 1.165) is 63.3 Å². The van der Waals surface area contributed by atoms with Crippen molar-refractivity contribution in [2.45, 2.75) is 13.3 Å². The Hall–Kier alpha value is -2.70. The van der Waals surface area contributed by atoms with Crippen molar-refractivity contribution in [3.8, 4) is 0 Å². The van der Waals surface area contributed by atoms with Crippen LogP contribution in [-0.2, 0) is 6.42 Å². The van der Waals surface area contributed by atoms with Gasteiger partial charge in [-0.15, -0.1) is 0 Å². The molecule has 2 aromatic heterocycles. The first-order valence-electron chi connectivity index (χ1n) is 8.82. The SMILES string of the molecule is CCNC(=NCCc1ccccn1)N1CCN(c2ncccn2)CC1. The van der Waals surface area contributed by atoms with Gasteiger partial charge in [0.1, 0.15) is 0 Å². The third-order valence-electron chi connectivity index (χ3n) is 4.10. The highest BCUT2D eigenvalue weighted by Gasteiger charge is 2.20. The lowest BCUT2D eigenvalue weighted by atomic mass is 10.3. The molecule has 25 heavy (non-hydrogen) atoms. The summed E-state index contributed by atoms with van der Waals surface area (Å²) in [5.41, 5.74) is 1.08. The van der Waals surface area contributed by atoms with E-state index >= 15 is 0 Å². The molecule has 0 saturated carbocycles. The molecule has 3 rings (SSSR count). The second-order valence-corrected chi connectivity index (χ2v) is 5.83. The molecule has 0 amide bonds. The molecule has 3 heterocycles. The molecule has 0 aliphatic carbocycles. The number of rotatable bonds is 5. The number of guanidine groups is 1. The summed E-state index contributed by atoms with van der Waals surface area (Å²) in [6.07, 6.45) is 6.26. The monoisotopic (exact) mass is 339 g/mol. The summed E-state index contributed by atoms with van der Waals surface area (Å²) in [7, 11) is 0. The number of aromatic nitrogens is 3. The standard InChI is InChI=1S/C18H25N7/c1-2-19-17(23-11-7-16-6-3-4-8-20-16)24-12-14-25(15-13-24)18-21-9-5-10-22-18/h3-6,8-10H,2,7,11-15H2,1H3,(H,19,23). The highest BCUT2D eigenvalue weighted by atomic mass is 15.4. The van der Waals surface area contributed by atoms with E-state index in [1.54, 1.807) is 12.4 Å². The van der Waals surface area contributed by atoms with Crippen molar-refractivity contribution in [3.63, 3.8) is 0 Å². The van der Waals surface area contributed by atoms with Crippen molar-refractivity contribution in [1.82, 2.24) is 25.2 Å². The summed E-state index contributed by atoms with van der Waals surface area (Å²) < 4.78 is 0. The van der Waals surface area contributed by atoms with Gasteiger partial charge in [0.2, 0.25) is 5.95 Å². The first-order chi connectivity index (χ1) is 12.4. The van der Waals surface area contributed by atoms with Crippen molar-refractivity contribution in [2.24, 2.45) is 4.99 Å². The fourth-order valence-corrected chi connectivity index (χ4v) is 2.82. The molecule has 132 valence electrons. The van der Waals surface area contributed by atoms with Gasteiger partial charge in [0, 0.05) is 70.0 Å². The fourth-order valence-electron chi connectivity index (χ4n) is 2.82. The van der Waals surface area contributed by atoms with Crippen molar-refractivity contribution in [2.75, 3.05) is 44.2 Å². The van der Waals surface area contributed by atoms with E-state index in [1.807, 2.05) is 30.5 Å². The Balaban J connectivity index is 1.55. The number of anilines is 1. The number of pyridine rings is 1. The Morgan fingerprint density at radius 3 is 2.48 bits per heavy atom. The molecule has 2 aromatic rings. The zero-order valence-corrected chi connectivity index (χ0v) is 14.7. The summed E-state index contributed by atoms with van der Waals surface area (Å²) >= 11 is 0. The number of hydrogen-bond acceptors (Lipinski definition) is 5. The Morgan fingerprint density at radius 2 is 1.80 bits per heavy atom. The summed E-state index contributed by atoms with van der Waals surface area (Å²) in [5, 5.41) is 3.40. The third kappa shape index (κ3) is 4.89. The van der Waals surface area contributed by atoms with E-state index in [-0.39, 0.29) is 0 Å². The molecule has 0 unspecified atom stereocenters. The minimum Gasteiger partial charge on any atom is -0.357 e. The predicted octanol–water partition coefficient (Wildman–Crippen LogP) is 1.20. The van der Waals surface area contributed by atoms with E-state index in [1.165, 1.54) is 0 Å². The largest absolute Gasteiger partial charge is 0.357 e. The van der Waals surface area contributed by atoms with Gasteiger partial charge in [0.15, 0.2) is 5.96 Å². The molecule has 7 nitrogen and oxygen atoms in total. The molecule has 0 atom stereocenters. The van der Waals surface area contributed by atoms with Crippen molar-refractivity contribution in [3.05, 3.63) is 48.5 Å². The van der Waals surface area contributed by atoms with E-state index < -0.39 is 0 Å². The number of nitrogens with zero attached hydrogens (tertiary/aromatic N) is 6. The highest BCUT2D eigenvalue weighted by Crippen LogP contribution is 2.09. The molecular formula is C18H25N7. The van der Waals surface area contributed by atoms with Crippen LogP contribution in [-0.4, -0.2) is 65.1 Å². The van der Waals surface area contributed by atoms with Gasteiger partial charge in [-0.05, 0) is 25.1 Å². The molecule has 1 aliphatic rings. The topological polar surface area (TPSA) is 69.5 Å². The normalized spacial score (nSPS) is 15.3. The maximum absolute atomic E-state index is 4.77. The van der Waals surface area contributed by atoms with Gasteiger partial charge >= 0.3 is 0 Å². The summed E-state index contributed by atoms with van der Waals surface area (Å²) in [4.78, 5) is 22.3. The first kappa shape index (κ1) is 17.1. The Kier molecular flexibility index (Phi) is 6.14. The number of nitrogens with one attached hydrogen (secondary N) is 1. The van der Waals surface area contributed by atoms with Crippen LogP contribution in [0.4, 0.5) is 5.95 Å². The lowest BCUT2D eigenvalue weighted by molar-refractivity contribution is 0.370. The Labute approximate surface area is 148 Å². The van der Waals surface area contributed by atoms with E-state index in [9.17, 15) is 0 Å². The first-order valence-corrected chi connectivity index (χ1v) is 8.82. The molecule has 0 spiro atoms. The van der Waals surface area contributed by atoms with Crippen LogP contribution >= 0.6 is 0 Å². The van der Waals surface area contributed by atoms with E-state index in [2.05, 4.69) is 37.0 Å². The van der Waals surface area contributed by atoms with Crippen LogP contribution in [0.15, 0.2) is 47.8 Å². The minimum absolute atomic E-state index is 0.737. The summed E-state index contributed by atoms with van der Waals surface area (Å²) in [5.74, 6) is 1.78. The smallest absolute Gasteiger partial charge is 0.225 e. The van der Waals surface area contributed by atoms with Crippen LogP contribution in [0.3, 0.4) is 0 Å². The van der Waals surface area contributed by atoms with Crippen molar-refractivity contribution < 1.29 is 0 Å². The van der Waals surface area contributed by atoms with E-state index in [0.29, 0.717) is 0 Å². The number of hydrogen-bond donors (Lipinski definition) is 1. The van der Waals surface area contributed by atoms with Crippen LogP contribution in [0.1, 0.15) is 12.6 Å². The number of aliphatic imine (C=N–C) groups is 1. The molecule has 1 aliphatic heterocycles. The van der Waals surface area contributed by atoms with Crippen LogP contribution < -0.4 is 10.2 Å². The Bertz CT molecular complexity index is 652. The Morgan fingerprint density at radius 1 is 1.04 bits per heavy atom. The second-order valence-electron chi connectivity index (χ2n) is 5.83. The van der Waals surface area contributed by atoms with Gasteiger partial charge < -0.3 is 15.1 Å². The molecule has 0 bridgehead atoms. The maximum Gasteiger partial charge on any atom is 0.225 e. The van der Waals surface area contributed by atoms with Crippen LogP contribution in [0.5, 0.6) is 0 Å². The zero-order valence-electron chi connectivity index (χ0n) is 14.7. The zero-order chi connectivity index (χ0) is 17.3. The summed E-state index contributed by atoms with van der Waals surface area (Å²) in [6.45, 7) is 7.32. The van der Waals surface area contributed by atoms with Gasteiger partial charge in [0.05, 0.1) is 0 Å². The lowest BCUT2D eigenvalue weighted by Gasteiger charge is -2.36. The maximum atomic E-state index is 4.77.